The topological polar surface area (TPSA) is 49.5 Å². The van der Waals surface area contributed by atoms with Gasteiger partial charge >= 0.3 is 0 Å². The zero-order valence-electron chi connectivity index (χ0n) is 8.91. The Kier molecular flexibility index (Phi) is 5.17. The van der Waals surface area contributed by atoms with Crippen LogP contribution in [0.2, 0.25) is 0 Å². The van der Waals surface area contributed by atoms with E-state index >= 15 is 0 Å². The molecule has 3 N–H and O–H groups in total. The second kappa shape index (κ2) is 6.17. The maximum absolute atomic E-state index is 8.82. The SMILES string of the molecule is CCN(CCCO)c1ccc(N)cc1I. The number of aliphatic hydroxyl groups is 1. The molecule has 0 fully saturated rings. The molecule has 0 aliphatic heterocycles. The lowest BCUT2D eigenvalue weighted by atomic mass is 10.2. The molecule has 4 heteroatoms. The maximum atomic E-state index is 8.82. The molecule has 0 aliphatic rings. The van der Waals surface area contributed by atoms with E-state index in [2.05, 4.69) is 34.4 Å². The van der Waals surface area contributed by atoms with Gasteiger partial charge in [0.15, 0.2) is 0 Å². The van der Waals surface area contributed by atoms with E-state index in [4.69, 9.17) is 10.8 Å². The van der Waals surface area contributed by atoms with Crippen LogP contribution in [-0.2, 0) is 0 Å². The Hall–Kier alpha value is -0.490. The van der Waals surface area contributed by atoms with Crippen LogP contribution in [0.5, 0.6) is 0 Å². The Balaban J connectivity index is 2.81. The number of anilines is 2. The second-order valence-electron chi connectivity index (χ2n) is 3.37. The quantitative estimate of drug-likeness (QED) is 0.645. The summed E-state index contributed by atoms with van der Waals surface area (Å²) in [5, 5.41) is 8.82. The van der Waals surface area contributed by atoms with E-state index in [9.17, 15) is 0 Å². The van der Waals surface area contributed by atoms with Crippen LogP contribution in [0.15, 0.2) is 18.2 Å². The highest BCUT2D eigenvalue weighted by Gasteiger charge is 2.07. The van der Waals surface area contributed by atoms with Crippen LogP contribution >= 0.6 is 22.6 Å². The largest absolute Gasteiger partial charge is 0.399 e. The van der Waals surface area contributed by atoms with Crippen molar-refractivity contribution in [3.63, 3.8) is 0 Å². The van der Waals surface area contributed by atoms with Crippen molar-refractivity contribution in [3.05, 3.63) is 21.8 Å². The van der Waals surface area contributed by atoms with Gasteiger partial charge in [-0.2, -0.15) is 0 Å². The molecule has 15 heavy (non-hydrogen) atoms. The number of hydrogen-bond donors (Lipinski definition) is 2. The summed E-state index contributed by atoms with van der Waals surface area (Å²) < 4.78 is 1.16. The standard InChI is InChI=1S/C11H17IN2O/c1-2-14(6-3-7-15)11-5-4-9(13)8-10(11)12/h4-5,8,15H,2-3,6-7,13H2,1H3. The molecule has 0 unspecified atom stereocenters. The van der Waals surface area contributed by atoms with Crippen molar-refractivity contribution in [2.75, 3.05) is 30.3 Å². The van der Waals surface area contributed by atoms with Crippen LogP contribution in [0.4, 0.5) is 11.4 Å². The van der Waals surface area contributed by atoms with E-state index in [1.807, 2.05) is 18.2 Å². The Morgan fingerprint density at radius 2 is 2.20 bits per heavy atom. The summed E-state index contributed by atoms with van der Waals surface area (Å²) in [6, 6.07) is 5.93. The van der Waals surface area contributed by atoms with E-state index in [-0.39, 0.29) is 6.61 Å². The minimum absolute atomic E-state index is 0.238. The van der Waals surface area contributed by atoms with Gasteiger partial charge in [0.2, 0.25) is 0 Å². The van der Waals surface area contributed by atoms with Crippen molar-refractivity contribution >= 4 is 34.0 Å². The van der Waals surface area contributed by atoms with Crippen molar-refractivity contribution in [1.82, 2.24) is 0 Å². The Morgan fingerprint density at radius 1 is 1.47 bits per heavy atom. The monoisotopic (exact) mass is 320 g/mol. The minimum atomic E-state index is 0.238. The van der Waals surface area contributed by atoms with Gasteiger partial charge in [0.25, 0.3) is 0 Å². The Morgan fingerprint density at radius 3 is 2.73 bits per heavy atom. The number of nitrogen functional groups attached to an aromatic ring is 1. The van der Waals surface area contributed by atoms with E-state index in [0.29, 0.717) is 0 Å². The van der Waals surface area contributed by atoms with E-state index < -0.39 is 0 Å². The third-order valence-electron chi connectivity index (χ3n) is 2.28. The van der Waals surface area contributed by atoms with Crippen LogP contribution in [0.25, 0.3) is 0 Å². The summed E-state index contributed by atoms with van der Waals surface area (Å²) in [5.41, 5.74) is 7.69. The van der Waals surface area contributed by atoms with E-state index in [1.165, 1.54) is 5.69 Å². The maximum Gasteiger partial charge on any atom is 0.0503 e. The molecule has 1 rings (SSSR count). The van der Waals surface area contributed by atoms with Crippen LogP contribution in [0, 0.1) is 3.57 Å². The van der Waals surface area contributed by atoms with Gasteiger partial charge in [-0.15, -0.1) is 0 Å². The number of benzene rings is 1. The molecule has 0 heterocycles. The molecule has 0 amide bonds. The van der Waals surface area contributed by atoms with Crippen LogP contribution in [0.1, 0.15) is 13.3 Å². The first-order valence-corrected chi connectivity index (χ1v) is 6.17. The molecule has 3 nitrogen and oxygen atoms in total. The highest BCUT2D eigenvalue weighted by Crippen LogP contribution is 2.24. The smallest absolute Gasteiger partial charge is 0.0503 e. The summed E-state index contributed by atoms with van der Waals surface area (Å²) in [4.78, 5) is 2.25. The number of halogens is 1. The fourth-order valence-electron chi connectivity index (χ4n) is 1.49. The van der Waals surface area contributed by atoms with Gasteiger partial charge in [0.1, 0.15) is 0 Å². The fourth-order valence-corrected chi connectivity index (χ4v) is 2.37. The van der Waals surface area contributed by atoms with Crippen molar-refractivity contribution in [1.29, 1.82) is 0 Å². The molecule has 0 aliphatic carbocycles. The van der Waals surface area contributed by atoms with Crippen molar-refractivity contribution in [2.45, 2.75) is 13.3 Å². The molecule has 84 valence electrons. The average molecular weight is 320 g/mol. The van der Waals surface area contributed by atoms with Gasteiger partial charge < -0.3 is 15.7 Å². The van der Waals surface area contributed by atoms with Crippen LogP contribution in [0.3, 0.4) is 0 Å². The summed E-state index contributed by atoms with van der Waals surface area (Å²) >= 11 is 2.29. The third kappa shape index (κ3) is 3.53. The summed E-state index contributed by atoms with van der Waals surface area (Å²) in [7, 11) is 0. The first-order chi connectivity index (χ1) is 7.19. The zero-order valence-corrected chi connectivity index (χ0v) is 11.1. The molecular weight excluding hydrogens is 303 g/mol. The normalized spacial score (nSPS) is 10.3. The zero-order chi connectivity index (χ0) is 11.3. The lowest BCUT2D eigenvalue weighted by Gasteiger charge is -2.24. The molecule has 1 aromatic carbocycles. The molecular formula is C11H17IN2O. The molecule has 1 aromatic rings. The lowest BCUT2D eigenvalue weighted by Crippen LogP contribution is -2.25. The minimum Gasteiger partial charge on any atom is -0.399 e. The first-order valence-electron chi connectivity index (χ1n) is 5.10. The van der Waals surface area contributed by atoms with E-state index in [1.54, 1.807) is 0 Å². The molecule has 0 spiro atoms. The van der Waals surface area contributed by atoms with Crippen LogP contribution < -0.4 is 10.6 Å². The first kappa shape index (κ1) is 12.6. The Bertz CT molecular complexity index is 317. The predicted octanol–water partition coefficient (Wildman–Crippen LogP) is 2.08. The Labute approximate surface area is 104 Å². The molecule has 0 aromatic heterocycles. The highest BCUT2D eigenvalue weighted by molar-refractivity contribution is 14.1. The van der Waals surface area contributed by atoms with Gasteiger partial charge in [-0.25, -0.2) is 0 Å². The van der Waals surface area contributed by atoms with Gasteiger partial charge in [0, 0.05) is 29.0 Å². The van der Waals surface area contributed by atoms with Gasteiger partial charge in [-0.3, -0.25) is 0 Å². The lowest BCUT2D eigenvalue weighted by molar-refractivity contribution is 0.289. The van der Waals surface area contributed by atoms with Crippen molar-refractivity contribution in [3.8, 4) is 0 Å². The third-order valence-corrected chi connectivity index (χ3v) is 3.14. The van der Waals surface area contributed by atoms with Gasteiger partial charge in [-0.1, -0.05) is 0 Å². The molecule has 0 atom stereocenters. The molecule has 0 radical (unpaired) electrons. The summed E-state index contributed by atoms with van der Waals surface area (Å²) in [5.74, 6) is 0. The van der Waals surface area contributed by atoms with Crippen molar-refractivity contribution < 1.29 is 5.11 Å². The number of nitrogens with two attached hydrogens (primary N) is 1. The second-order valence-corrected chi connectivity index (χ2v) is 4.53. The van der Waals surface area contributed by atoms with Gasteiger partial charge in [-0.05, 0) is 54.1 Å². The fraction of sp³-hybridized carbons (Fsp3) is 0.455. The average Bonchev–Trinajstić information content (AvgIpc) is 2.21. The van der Waals surface area contributed by atoms with Crippen LogP contribution in [-0.4, -0.2) is 24.8 Å². The van der Waals surface area contributed by atoms with Gasteiger partial charge in [0.05, 0.1) is 5.69 Å². The number of rotatable bonds is 5. The summed E-state index contributed by atoms with van der Waals surface area (Å²) in [6.45, 7) is 4.18. The van der Waals surface area contributed by atoms with E-state index in [0.717, 1.165) is 28.8 Å². The highest BCUT2D eigenvalue weighted by atomic mass is 127. The summed E-state index contributed by atoms with van der Waals surface area (Å²) in [6.07, 6.45) is 0.800. The molecule has 0 saturated carbocycles. The molecule has 0 bridgehead atoms. The van der Waals surface area contributed by atoms with Crippen molar-refractivity contribution in [2.24, 2.45) is 0 Å². The number of aliphatic hydroxyl groups excluding tert-OH is 1. The predicted molar refractivity (Wildman–Crippen MR) is 73.2 cm³/mol. The number of nitrogens with zero attached hydrogens (tertiary/aromatic N) is 1. The number of hydrogen-bond acceptors (Lipinski definition) is 3. The molecule has 0 saturated heterocycles.